The number of nitrogens with zero attached hydrogens (tertiary/aromatic N) is 1. The highest BCUT2D eigenvalue weighted by Gasteiger charge is 2.51. The monoisotopic (exact) mass is 421 g/mol. The van der Waals surface area contributed by atoms with Gasteiger partial charge in [0.1, 0.15) is 12.6 Å². The first kappa shape index (κ1) is 21.1. The molecule has 0 spiro atoms. The number of carboxylic acid groups (broad SMARTS) is 1. The van der Waals surface area contributed by atoms with E-state index >= 15 is 0 Å². The van der Waals surface area contributed by atoms with Crippen molar-refractivity contribution in [2.45, 2.75) is 18.4 Å². The number of benzene rings is 2. The number of amides is 1. The van der Waals surface area contributed by atoms with Crippen LogP contribution in [0.25, 0.3) is 11.1 Å². The van der Waals surface area contributed by atoms with Crippen LogP contribution < -0.4 is 5.32 Å². The van der Waals surface area contributed by atoms with Gasteiger partial charge in [0, 0.05) is 12.3 Å². The predicted molar refractivity (Wildman–Crippen MR) is 119 cm³/mol. The maximum absolute atomic E-state index is 12.7. The first-order valence-electron chi connectivity index (χ1n) is 10.6. The van der Waals surface area contributed by atoms with Crippen LogP contribution in [-0.4, -0.2) is 61.5 Å². The van der Waals surface area contributed by atoms with Crippen LogP contribution in [0.5, 0.6) is 0 Å². The molecule has 0 aromatic heterocycles. The van der Waals surface area contributed by atoms with Gasteiger partial charge in [0.25, 0.3) is 0 Å². The van der Waals surface area contributed by atoms with Crippen molar-refractivity contribution in [3.8, 4) is 11.1 Å². The fourth-order valence-corrected chi connectivity index (χ4v) is 5.20. The fraction of sp³-hybridized carbons (Fsp3) is 0.360. The molecule has 1 heterocycles. The van der Waals surface area contributed by atoms with E-state index in [0.717, 1.165) is 28.8 Å². The zero-order valence-electron chi connectivity index (χ0n) is 18.0. The molecule has 4 rings (SSSR count). The quantitative estimate of drug-likeness (QED) is 0.552. The Morgan fingerprint density at radius 1 is 1.19 bits per heavy atom. The molecule has 1 saturated heterocycles. The number of likely N-dealkylation sites (tertiary alicyclic amines) is 1. The standard InChI is InChI=1S/C25H28N2O4/c1-4-25(13-14-27(2,3)16-25)22(23(28)29)26-24(30)31-15-21-19-11-7-5-9-17(19)18-10-6-8-12-20(18)21/h4-12,21-22H,1,13-16H2,2-3H3,(H-,26,28,29,30)/p+1/t22-,25+/m1/s1. The fourth-order valence-electron chi connectivity index (χ4n) is 5.20. The molecule has 2 aromatic rings. The first-order valence-corrected chi connectivity index (χ1v) is 10.6. The summed E-state index contributed by atoms with van der Waals surface area (Å²) >= 11 is 0. The molecule has 0 bridgehead atoms. The Balaban J connectivity index is 1.49. The molecule has 1 amide bonds. The minimum absolute atomic E-state index is 0.0723. The van der Waals surface area contributed by atoms with E-state index in [4.69, 9.17) is 4.74 Å². The van der Waals surface area contributed by atoms with Gasteiger partial charge in [-0.1, -0.05) is 54.6 Å². The highest BCUT2D eigenvalue weighted by molar-refractivity contribution is 5.82. The van der Waals surface area contributed by atoms with Crippen LogP contribution in [0.2, 0.25) is 0 Å². The Labute approximate surface area is 182 Å². The molecule has 1 fully saturated rings. The summed E-state index contributed by atoms with van der Waals surface area (Å²) in [7, 11) is 4.11. The van der Waals surface area contributed by atoms with Crippen LogP contribution in [0.15, 0.2) is 61.2 Å². The lowest BCUT2D eigenvalue weighted by molar-refractivity contribution is -0.880. The third kappa shape index (κ3) is 3.83. The van der Waals surface area contributed by atoms with Crippen molar-refractivity contribution in [1.82, 2.24) is 5.32 Å². The number of ether oxygens (including phenoxy) is 1. The van der Waals surface area contributed by atoms with Crippen LogP contribution in [0.1, 0.15) is 23.5 Å². The molecule has 2 atom stereocenters. The van der Waals surface area contributed by atoms with Gasteiger partial charge in [-0.15, -0.1) is 6.58 Å². The van der Waals surface area contributed by atoms with E-state index < -0.39 is 23.5 Å². The van der Waals surface area contributed by atoms with Crippen LogP contribution >= 0.6 is 0 Å². The number of hydrogen-bond donors (Lipinski definition) is 2. The van der Waals surface area contributed by atoms with Gasteiger partial charge in [-0.05, 0) is 22.3 Å². The molecule has 0 radical (unpaired) electrons. The molecule has 1 aliphatic carbocycles. The van der Waals surface area contributed by atoms with Crippen molar-refractivity contribution in [2.75, 3.05) is 33.8 Å². The summed E-state index contributed by atoms with van der Waals surface area (Å²) in [4.78, 5) is 24.7. The summed E-state index contributed by atoms with van der Waals surface area (Å²) in [5, 5.41) is 12.5. The van der Waals surface area contributed by atoms with Crippen LogP contribution in [0.4, 0.5) is 4.79 Å². The van der Waals surface area contributed by atoms with E-state index in [0.29, 0.717) is 17.4 Å². The summed E-state index contributed by atoms with van der Waals surface area (Å²) in [6.07, 6.45) is 1.61. The molecule has 2 N–H and O–H groups in total. The number of fused-ring (bicyclic) bond motifs is 3. The van der Waals surface area contributed by atoms with Crippen molar-refractivity contribution >= 4 is 12.1 Å². The van der Waals surface area contributed by atoms with E-state index in [2.05, 4.69) is 38.1 Å². The van der Waals surface area contributed by atoms with E-state index in [1.54, 1.807) is 6.08 Å². The number of hydrogen-bond acceptors (Lipinski definition) is 3. The molecule has 2 aromatic carbocycles. The van der Waals surface area contributed by atoms with Crippen molar-refractivity contribution in [3.63, 3.8) is 0 Å². The van der Waals surface area contributed by atoms with E-state index in [1.807, 2.05) is 36.4 Å². The van der Waals surface area contributed by atoms with Crippen LogP contribution in [0.3, 0.4) is 0 Å². The molecule has 1 aliphatic heterocycles. The van der Waals surface area contributed by atoms with Crippen molar-refractivity contribution in [1.29, 1.82) is 0 Å². The minimum Gasteiger partial charge on any atom is -0.480 e. The number of alkyl carbamates (subject to hydrolysis) is 1. The normalized spacial score (nSPS) is 22.3. The number of carbonyl (C=O) groups excluding carboxylic acids is 1. The maximum Gasteiger partial charge on any atom is 0.407 e. The van der Waals surface area contributed by atoms with Crippen molar-refractivity contribution in [3.05, 3.63) is 72.3 Å². The SMILES string of the molecule is C=C[C@]1([C@H](NC(=O)OCC2c3ccccc3-c3ccccc32)C(=O)O)CC[N+](C)(C)C1. The second-order valence-electron chi connectivity index (χ2n) is 9.25. The Hall–Kier alpha value is -3.12. The van der Waals surface area contributed by atoms with Crippen LogP contribution in [-0.2, 0) is 9.53 Å². The van der Waals surface area contributed by atoms with Gasteiger partial charge in [0.05, 0.1) is 32.6 Å². The maximum atomic E-state index is 12.7. The molecular formula is C25H29N2O4+. The molecule has 162 valence electrons. The van der Waals surface area contributed by atoms with Gasteiger partial charge >= 0.3 is 12.1 Å². The molecule has 2 aliphatic rings. The molecule has 6 heteroatoms. The first-order chi connectivity index (χ1) is 14.8. The smallest absolute Gasteiger partial charge is 0.407 e. The van der Waals surface area contributed by atoms with Gasteiger partial charge < -0.3 is 19.6 Å². The highest BCUT2D eigenvalue weighted by atomic mass is 16.5. The van der Waals surface area contributed by atoms with Crippen molar-refractivity contribution < 1.29 is 23.9 Å². The largest absolute Gasteiger partial charge is 0.480 e. The number of carboxylic acids is 1. The summed E-state index contributed by atoms with van der Waals surface area (Å²) in [6, 6.07) is 15.1. The average Bonchev–Trinajstić information content (AvgIpc) is 3.25. The lowest BCUT2D eigenvalue weighted by Gasteiger charge is -2.32. The second kappa shape index (κ2) is 7.85. The van der Waals surface area contributed by atoms with Crippen molar-refractivity contribution in [2.24, 2.45) is 5.41 Å². The van der Waals surface area contributed by atoms with Gasteiger partial charge in [-0.25, -0.2) is 9.59 Å². The highest BCUT2D eigenvalue weighted by Crippen LogP contribution is 2.44. The summed E-state index contributed by atoms with van der Waals surface area (Å²) in [5.74, 6) is -1.15. The number of carbonyl (C=O) groups is 2. The van der Waals surface area contributed by atoms with E-state index in [9.17, 15) is 14.7 Å². The third-order valence-electron chi connectivity index (χ3n) is 6.74. The lowest BCUT2D eigenvalue weighted by Crippen LogP contribution is -2.54. The zero-order chi connectivity index (χ0) is 22.2. The second-order valence-corrected chi connectivity index (χ2v) is 9.25. The number of quaternary nitrogens is 1. The third-order valence-corrected chi connectivity index (χ3v) is 6.74. The Morgan fingerprint density at radius 2 is 1.77 bits per heavy atom. The van der Waals surface area contributed by atoms with E-state index in [1.165, 1.54) is 0 Å². The number of aliphatic carboxylic acids is 1. The van der Waals surface area contributed by atoms with Gasteiger partial charge in [-0.2, -0.15) is 0 Å². The van der Waals surface area contributed by atoms with Gasteiger partial charge in [0.2, 0.25) is 0 Å². The molecular weight excluding hydrogens is 392 g/mol. The number of nitrogens with one attached hydrogen (secondary N) is 1. The average molecular weight is 422 g/mol. The van der Waals surface area contributed by atoms with E-state index in [-0.39, 0.29) is 12.5 Å². The van der Waals surface area contributed by atoms with Crippen LogP contribution in [0, 0.1) is 5.41 Å². The van der Waals surface area contributed by atoms with Gasteiger partial charge in [-0.3, -0.25) is 0 Å². The minimum atomic E-state index is -1.08. The molecule has 6 nitrogen and oxygen atoms in total. The molecule has 31 heavy (non-hydrogen) atoms. The Morgan fingerprint density at radius 3 is 2.26 bits per heavy atom. The Bertz CT molecular complexity index is 986. The summed E-state index contributed by atoms with van der Waals surface area (Å²) < 4.78 is 6.25. The number of rotatable bonds is 6. The Kier molecular flexibility index (Phi) is 5.35. The topological polar surface area (TPSA) is 75.6 Å². The van der Waals surface area contributed by atoms with Gasteiger partial charge in [0.15, 0.2) is 0 Å². The predicted octanol–water partition coefficient (Wildman–Crippen LogP) is 3.63. The molecule has 0 saturated carbocycles. The molecule has 0 unspecified atom stereocenters. The lowest BCUT2D eigenvalue weighted by atomic mass is 9.79. The summed E-state index contributed by atoms with van der Waals surface area (Å²) in [5.41, 5.74) is 3.81. The zero-order valence-corrected chi connectivity index (χ0v) is 18.0. The summed E-state index contributed by atoms with van der Waals surface area (Å²) in [6.45, 7) is 5.45.